The maximum Gasteiger partial charge on any atom is 0.326 e. The van der Waals surface area contributed by atoms with E-state index in [1.165, 1.54) is 16.7 Å². The number of carboxylic acids is 2. The van der Waals surface area contributed by atoms with Gasteiger partial charge in [-0.05, 0) is 60.7 Å². The highest BCUT2D eigenvalue weighted by Crippen LogP contribution is 2.20. The van der Waals surface area contributed by atoms with Gasteiger partial charge in [0.2, 0.25) is 41.4 Å². The fourth-order valence-electron chi connectivity index (χ4n) is 7.30. The first-order valence-corrected chi connectivity index (χ1v) is 22.8. The molecule has 0 unspecified atom stereocenters. The van der Waals surface area contributed by atoms with Gasteiger partial charge in [0, 0.05) is 26.3 Å². The maximum absolute atomic E-state index is 14.3. The molecule has 0 spiro atoms. The van der Waals surface area contributed by atoms with E-state index in [9.17, 15) is 53.4 Å². The molecule has 350 valence electrons. The second-order valence-electron chi connectivity index (χ2n) is 16.6. The summed E-state index contributed by atoms with van der Waals surface area (Å²) < 4.78 is 0. The van der Waals surface area contributed by atoms with E-state index < -0.39 is 108 Å². The number of carbonyl (C=O) groups excluding carboxylic acids is 7. The summed E-state index contributed by atoms with van der Waals surface area (Å²) >= 11 is 1.43. The number of aliphatic carboxylic acids is 2. The van der Waals surface area contributed by atoms with Crippen LogP contribution in [0.2, 0.25) is 0 Å². The highest BCUT2D eigenvalue weighted by atomic mass is 32.2. The molecule has 19 heteroatoms. The van der Waals surface area contributed by atoms with Gasteiger partial charge in [-0.3, -0.25) is 38.4 Å². The van der Waals surface area contributed by atoms with Crippen LogP contribution in [0.3, 0.4) is 0 Å². The summed E-state index contributed by atoms with van der Waals surface area (Å²) in [5.41, 5.74) is 1.34. The highest BCUT2D eigenvalue weighted by Gasteiger charge is 2.40. The average molecular weight is 910 g/mol. The van der Waals surface area contributed by atoms with Crippen molar-refractivity contribution < 1.29 is 53.4 Å². The first-order valence-electron chi connectivity index (χ1n) is 21.4. The molecule has 7 atom stereocenters. The Morgan fingerprint density at radius 3 is 1.69 bits per heavy atom. The fraction of sp³-hybridized carbons (Fsp3) is 0.533. The van der Waals surface area contributed by atoms with E-state index in [-0.39, 0.29) is 44.6 Å². The number of hydrogen-bond acceptors (Lipinski definition) is 10. The molecule has 2 aromatic carbocycles. The van der Waals surface area contributed by atoms with Gasteiger partial charge in [0.25, 0.3) is 0 Å². The fourth-order valence-corrected chi connectivity index (χ4v) is 7.77. The molecule has 18 nitrogen and oxygen atoms in total. The highest BCUT2D eigenvalue weighted by molar-refractivity contribution is 7.98. The van der Waals surface area contributed by atoms with Gasteiger partial charge >= 0.3 is 11.9 Å². The zero-order valence-corrected chi connectivity index (χ0v) is 38.1. The molecule has 8 N–H and O–H groups in total. The molecule has 0 aliphatic carbocycles. The summed E-state index contributed by atoms with van der Waals surface area (Å²) in [7, 11) is 0. The summed E-state index contributed by atoms with van der Waals surface area (Å²) in [5, 5.41) is 35.0. The van der Waals surface area contributed by atoms with Crippen molar-refractivity contribution in [3.8, 4) is 0 Å². The van der Waals surface area contributed by atoms with Gasteiger partial charge in [0.15, 0.2) is 0 Å². The number of nitrogens with one attached hydrogen (secondary N) is 6. The Bertz CT molecular complexity index is 1920. The monoisotopic (exact) mass is 909 g/mol. The number of hydrogen-bond donors (Lipinski definition) is 8. The minimum Gasteiger partial charge on any atom is -0.481 e. The molecule has 0 radical (unpaired) electrons. The smallest absolute Gasteiger partial charge is 0.326 e. The molecule has 1 aliphatic heterocycles. The molecule has 0 bridgehead atoms. The van der Waals surface area contributed by atoms with Crippen LogP contribution in [0.25, 0.3) is 0 Å². The van der Waals surface area contributed by atoms with Crippen LogP contribution >= 0.6 is 11.8 Å². The Balaban J connectivity index is 1.89. The second-order valence-corrected chi connectivity index (χ2v) is 17.6. The number of rotatable bonds is 25. The molecule has 1 saturated heterocycles. The lowest BCUT2D eigenvalue weighted by atomic mass is 9.98. The number of thioether (sulfide) groups is 1. The maximum atomic E-state index is 14.3. The molecule has 7 amide bonds. The summed E-state index contributed by atoms with van der Waals surface area (Å²) in [5.74, 6) is -7.62. The first-order chi connectivity index (χ1) is 30.3. The first kappa shape index (κ1) is 52.4. The second kappa shape index (κ2) is 26.0. The van der Waals surface area contributed by atoms with Gasteiger partial charge in [-0.2, -0.15) is 11.8 Å². The van der Waals surface area contributed by atoms with Crippen LogP contribution in [0, 0.1) is 11.8 Å². The summed E-state index contributed by atoms with van der Waals surface area (Å²) in [6.07, 6.45) is 2.04. The molecule has 0 saturated carbocycles. The molecule has 0 aromatic heterocycles. The minimum absolute atomic E-state index is 0.00275. The Kier molecular flexibility index (Phi) is 21.2. The summed E-state index contributed by atoms with van der Waals surface area (Å²) in [6, 6.07) is 9.04. The van der Waals surface area contributed by atoms with E-state index in [4.69, 9.17) is 0 Å². The van der Waals surface area contributed by atoms with Crippen molar-refractivity contribution in [2.75, 3.05) is 18.6 Å². The van der Waals surface area contributed by atoms with Crippen LogP contribution < -0.4 is 31.9 Å². The minimum atomic E-state index is -1.41. The standard InChI is InChI=1S/C45H63N7O11S/c1-26(2)22-32(39(56)47-31(45(62)63)19-21-64-6)48-40(57)33(23-29-14-9-7-10-15-29)50-43(60)38(27(3)4)51-41(58)34(24-30-16-11-8-12-17-30)49-42(59)36-18-13-20-52(36)44(61)35(25-37(54)55)46-28(5)53/h7-12,14-17,26-27,31-36,38H,13,18-25H2,1-6H3,(H,46,53)(H,47,56)(H,48,57)(H,49,59)(H,50,60)(H,51,58)(H,54,55)(H,62,63)/t31-,32-,33-,34-,35-,36-,38-/m0/s1. The Hall–Kier alpha value is -5.98. The van der Waals surface area contributed by atoms with E-state index in [0.717, 1.165) is 6.92 Å². The van der Waals surface area contributed by atoms with Gasteiger partial charge in [-0.25, -0.2) is 4.79 Å². The van der Waals surface area contributed by atoms with Gasteiger partial charge in [-0.1, -0.05) is 88.4 Å². The SMILES string of the molecule is CSCC[C@H](NC(=O)[C@H](CC(C)C)NC(=O)[C@H](Cc1ccccc1)NC(=O)[C@@H](NC(=O)[C@H](Cc1ccccc1)NC(=O)[C@@H]1CCCN1C(=O)[C@H](CC(=O)O)NC(C)=O)C(C)C)C(=O)O. The third-order valence-corrected chi connectivity index (χ3v) is 11.2. The van der Waals surface area contributed by atoms with E-state index in [1.807, 2.05) is 20.1 Å². The Labute approximate surface area is 378 Å². The van der Waals surface area contributed by atoms with Crippen LogP contribution in [0.5, 0.6) is 0 Å². The molecule has 1 aliphatic rings. The van der Waals surface area contributed by atoms with Crippen LogP contribution in [0.15, 0.2) is 60.7 Å². The van der Waals surface area contributed by atoms with Gasteiger partial charge < -0.3 is 47.0 Å². The van der Waals surface area contributed by atoms with Crippen molar-refractivity contribution in [1.29, 1.82) is 0 Å². The largest absolute Gasteiger partial charge is 0.481 e. The van der Waals surface area contributed by atoms with Crippen molar-refractivity contribution in [2.24, 2.45) is 11.8 Å². The van der Waals surface area contributed by atoms with Gasteiger partial charge in [0.1, 0.15) is 42.3 Å². The van der Waals surface area contributed by atoms with Gasteiger partial charge in [0.05, 0.1) is 6.42 Å². The van der Waals surface area contributed by atoms with Crippen LogP contribution in [-0.2, 0) is 56.0 Å². The van der Waals surface area contributed by atoms with Crippen LogP contribution in [-0.4, -0.2) is 129 Å². The van der Waals surface area contributed by atoms with E-state index in [0.29, 0.717) is 23.3 Å². The lowest BCUT2D eigenvalue weighted by Gasteiger charge is -2.30. The summed E-state index contributed by atoms with van der Waals surface area (Å²) in [4.78, 5) is 120. The summed E-state index contributed by atoms with van der Waals surface area (Å²) in [6.45, 7) is 8.31. The van der Waals surface area contributed by atoms with Crippen molar-refractivity contribution in [1.82, 2.24) is 36.8 Å². The molecule has 2 aromatic rings. The number of nitrogens with zero attached hydrogens (tertiary/aromatic N) is 1. The molecule has 1 heterocycles. The van der Waals surface area contributed by atoms with Crippen molar-refractivity contribution in [3.63, 3.8) is 0 Å². The van der Waals surface area contributed by atoms with Crippen molar-refractivity contribution in [3.05, 3.63) is 71.8 Å². The number of likely N-dealkylation sites (tertiary alicyclic amines) is 1. The Morgan fingerprint density at radius 2 is 1.19 bits per heavy atom. The van der Waals surface area contributed by atoms with Crippen molar-refractivity contribution >= 4 is 65.1 Å². The van der Waals surface area contributed by atoms with Gasteiger partial charge in [-0.15, -0.1) is 0 Å². The lowest BCUT2D eigenvalue weighted by molar-refractivity contribution is -0.146. The van der Waals surface area contributed by atoms with E-state index >= 15 is 0 Å². The Morgan fingerprint density at radius 1 is 0.672 bits per heavy atom. The molecule has 1 fully saturated rings. The van der Waals surface area contributed by atoms with E-state index in [2.05, 4.69) is 31.9 Å². The number of carboxylic acid groups (broad SMARTS) is 2. The van der Waals surface area contributed by atoms with Crippen molar-refractivity contribution in [2.45, 2.75) is 122 Å². The third-order valence-electron chi connectivity index (χ3n) is 10.5. The predicted octanol–water partition coefficient (Wildman–Crippen LogP) is 1.41. The number of benzene rings is 2. The van der Waals surface area contributed by atoms with E-state index in [1.54, 1.807) is 74.5 Å². The number of carbonyl (C=O) groups is 9. The molecule has 64 heavy (non-hydrogen) atoms. The zero-order chi connectivity index (χ0) is 47.5. The van der Waals surface area contributed by atoms with Crippen LogP contribution in [0.1, 0.15) is 77.8 Å². The topological polar surface area (TPSA) is 270 Å². The quantitative estimate of drug-likeness (QED) is 0.0703. The lowest BCUT2D eigenvalue weighted by Crippen LogP contribution is -2.61. The molecular weight excluding hydrogens is 847 g/mol. The predicted molar refractivity (Wildman–Crippen MR) is 239 cm³/mol. The zero-order valence-electron chi connectivity index (χ0n) is 37.3. The normalized spacial score (nSPS) is 16.3. The number of amides is 7. The average Bonchev–Trinajstić information content (AvgIpc) is 3.73. The van der Waals surface area contributed by atoms with Crippen LogP contribution in [0.4, 0.5) is 0 Å². The molecule has 3 rings (SSSR count). The third kappa shape index (κ3) is 17.0. The molecular formula is C45H63N7O11S.